The van der Waals surface area contributed by atoms with Crippen LogP contribution >= 0.6 is 0 Å². The van der Waals surface area contributed by atoms with Crippen molar-refractivity contribution in [1.82, 2.24) is 5.32 Å². The van der Waals surface area contributed by atoms with Gasteiger partial charge in [0.2, 0.25) is 0 Å². The number of nitrogens with one attached hydrogen (secondary N) is 1. The Bertz CT molecular complexity index is 414. The molecule has 16 heavy (non-hydrogen) atoms. The van der Waals surface area contributed by atoms with Crippen molar-refractivity contribution in [3.05, 3.63) is 29.3 Å². The molecule has 0 fully saturated rings. The van der Waals surface area contributed by atoms with E-state index in [0.29, 0.717) is 11.3 Å². The molecule has 86 valence electrons. The quantitative estimate of drug-likeness (QED) is 0.792. The molecule has 0 unspecified atom stereocenters. The number of rotatable bonds is 4. The van der Waals surface area contributed by atoms with Crippen molar-refractivity contribution in [3.63, 3.8) is 0 Å². The van der Waals surface area contributed by atoms with Crippen LogP contribution in [0.1, 0.15) is 15.9 Å². The number of carboxylic acid groups (broad SMARTS) is 1. The van der Waals surface area contributed by atoms with Crippen molar-refractivity contribution in [1.29, 1.82) is 0 Å². The van der Waals surface area contributed by atoms with E-state index in [-0.39, 0.29) is 18.1 Å². The van der Waals surface area contributed by atoms with Crippen LogP contribution < -0.4 is 10.1 Å². The molecule has 5 nitrogen and oxygen atoms in total. The average Bonchev–Trinajstić information content (AvgIpc) is 2.25. The Morgan fingerprint density at radius 2 is 2.12 bits per heavy atom. The molecule has 1 amide bonds. The van der Waals surface area contributed by atoms with E-state index in [1.807, 2.05) is 0 Å². The first-order valence-corrected chi connectivity index (χ1v) is 4.72. The number of carboxylic acids is 1. The van der Waals surface area contributed by atoms with Gasteiger partial charge < -0.3 is 15.2 Å². The van der Waals surface area contributed by atoms with Crippen LogP contribution in [0, 0.1) is 6.92 Å². The summed E-state index contributed by atoms with van der Waals surface area (Å²) >= 11 is 0. The van der Waals surface area contributed by atoms with Crippen LogP contribution in [0.5, 0.6) is 5.75 Å². The molecule has 5 heteroatoms. The zero-order valence-corrected chi connectivity index (χ0v) is 9.11. The monoisotopic (exact) mass is 223 g/mol. The molecule has 0 spiro atoms. The minimum atomic E-state index is -0.977. The van der Waals surface area contributed by atoms with E-state index in [1.54, 1.807) is 13.0 Å². The molecule has 1 aromatic rings. The number of hydrogen-bond donors (Lipinski definition) is 2. The number of aromatic carboxylic acids is 1. The third-order valence-electron chi connectivity index (χ3n) is 2.08. The molecule has 0 bridgehead atoms. The van der Waals surface area contributed by atoms with E-state index in [0.717, 1.165) is 0 Å². The Kier molecular flexibility index (Phi) is 3.88. The standard InChI is InChI=1S/C11H13NO4/c1-7-5-8(16-6-10(13)12-2)3-4-9(7)11(14)15/h3-5H,6H2,1-2H3,(H,12,13)(H,14,15). The molecule has 1 rings (SSSR count). The first-order valence-electron chi connectivity index (χ1n) is 4.72. The summed E-state index contributed by atoms with van der Waals surface area (Å²) in [7, 11) is 1.52. The number of carbonyl (C=O) groups excluding carboxylic acids is 1. The van der Waals surface area contributed by atoms with Gasteiger partial charge in [0.25, 0.3) is 5.91 Å². The van der Waals surface area contributed by atoms with Crippen molar-refractivity contribution in [2.75, 3.05) is 13.7 Å². The van der Waals surface area contributed by atoms with E-state index < -0.39 is 5.97 Å². The lowest BCUT2D eigenvalue weighted by Gasteiger charge is -2.07. The van der Waals surface area contributed by atoms with E-state index in [2.05, 4.69) is 5.32 Å². The molecule has 0 heterocycles. The first kappa shape index (κ1) is 12.0. The van der Waals surface area contributed by atoms with Crippen molar-refractivity contribution in [3.8, 4) is 5.75 Å². The molecule has 0 radical (unpaired) electrons. The van der Waals surface area contributed by atoms with Crippen LogP contribution in [0.4, 0.5) is 0 Å². The average molecular weight is 223 g/mol. The summed E-state index contributed by atoms with van der Waals surface area (Å²) in [5, 5.41) is 11.2. The zero-order chi connectivity index (χ0) is 12.1. The van der Waals surface area contributed by atoms with Gasteiger partial charge in [0.05, 0.1) is 5.56 Å². The van der Waals surface area contributed by atoms with Crippen molar-refractivity contribution in [2.45, 2.75) is 6.92 Å². The minimum absolute atomic E-state index is 0.0810. The first-order chi connectivity index (χ1) is 7.54. The van der Waals surface area contributed by atoms with Crippen molar-refractivity contribution >= 4 is 11.9 Å². The van der Waals surface area contributed by atoms with Crippen LogP contribution in [-0.4, -0.2) is 30.6 Å². The van der Waals surface area contributed by atoms with Gasteiger partial charge >= 0.3 is 5.97 Å². The number of amides is 1. The maximum Gasteiger partial charge on any atom is 0.335 e. The molecule has 0 aliphatic rings. The summed E-state index contributed by atoms with van der Waals surface area (Å²) in [5.41, 5.74) is 0.828. The summed E-state index contributed by atoms with van der Waals surface area (Å²) in [5.74, 6) is -0.735. The largest absolute Gasteiger partial charge is 0.484 e. The maximum absolute atomic E-state index is 10.9. The minimum Gasteiger partial charge on any atom is -0.484 e. The van der Waals surface area contributed by atoms with E-state index in [1.165, 1.54) is 19.2 Å². The van der Waals surface area contributed by atoms with Gasteiger partial charge in [0.1, 0.15) is 5.75 Å². The summed E-state index contributed by atoms with van der Waals surface area (Å²) in [6.07, 6.45) is 0. The second-order valence-electron chi connectivity index (χ2n) is 3.24. The predicted octanol–water partition coefficient (Wildman–Crippen LogP) is 0.818. The molecule has 0 aliphatic heterocycles. The van der Waals surface area contributed by atoms with Gasteiger partial charge in [-0.3, -0.25) is 4.79 Å². The van der Waals surface area contributed by atoms with Crippen LogP contribution in [-0.2, 0) is 4.79 Å². The van der Waals surface area contributed by atoms with E-state index in [4.69, 9.17) is 9.84 Å². The summed E-state index contributed by atoms with van der Waals surface area (Å²) in [6.45, 7) is 1.60. The van der Waals surface area contributed by atoms with Crippen molar-refractivity contribution in [2.24, 2.45) is 0 Å². The van der Waals surface area contributed by atoms with Crippen molar-refractivity contribution < 1.29 is 19.4 Å². The second kappa shape index (κ2) is 5.16. The second-order valence-corrected chi connectivity index (χ2v) is 3.24. The smallest absolute Gasteiger partial charge is 0.335 e. The lowest BCUT2D eigenvalue weighted by molar-refractivity contribution is -0.122. The summed E-state index contributed by atoms with van der Waals surface area (Å²) in [4.78, 5) is 21.7. The fourth-order valence-corrected chi connectivity index (χ4v) is 1.19. The Balaban J connectivity index is 2.74. The highest BCUT2D eigenvalue weighted by Gasteiger charge is 2.08. The van der Waals surface area contributed by atoms with Gasteiger partial charge in [0.15, 0.2) is 6.61 Å². The lowest BCUT2D eigenvalue weighted by Crippen LogP contribution is -2.24. The highest BCUT2D eigenvalue weighted by Crippen LogP contribution is 2.17. The molecule has 1 aromatic carbocycles. The molecule has 0 aromatic heterocycles. The van der Waals surface area contributed by atoms with E-state index in [9.17, 15) is 9.59 Å². The summed E-state index contributed by atoms with van der Waals surface area (Å²) in [6, 6.07) is 4.57. The normalized spacial score (nSPS) is 9.62. The lowest BCUT2D eigenvalue weighted by atomic mass is 10.1. The van der Waals surface area contributed by atoms with Crippen LogP contribution in [0.15, 0.2) is 18.2 Å². The molecule has 0 atom stereocenters. The number of aryl methyl sites for hydroxylation is 1. The Hall–Kier alpha value is -2.04. The molecule has 0 aliphatic carbocycles. The Labute approximate surface area is 93.0 Å². The number of ether oxygens (including phenoxy) is 1. The highest BCUT2D eigenvalue weighted by molar-refractivity contribution is 5.89. The fourth-order valence-electron chi connectivity index (χ4n) is 1.19. The Morgan fingerprint density at radius 1 is 1.44 bits per heavy atom. The van der Waals surface area contributed by atoms with Gasteiger partial charge in [0, 0.05) is 7.05 Å². The molecular formula is C11H13NO4. The summed E-state index contributed by atoms with van der Waals surface area (Å²) < 4.78 is 5.17. The SMILES string of the molecule is CNC(=O)COc1ccc(C(=O)O)c(C)c1. The number of likely N-dealkylation sites (N-methyl/N-ethyl adjacent to an activating group) is 1. The molecular weight excluding hydrogens is 210 g/mol. The van der Waals surface area contributed by atoms with Crippen LogP contribution in [0.3, 0.4) is 0 Å². The molecule has 0 saturated heterocycles. The van der Waals surface area contributed by atoms with Gasteiger partial charge in [-0.05, 0) is 30.7 Å². The highest BCUT2D eigenvalue weighted by atomic mass is 16.5. The fraction of sp³-hybridized carbons (Fsp3) is 0.273. The van der Waals surface area contributed by atoms with E-state index >= 15 is 0 Å². The van der Waals surface area contributed by atoms with Crippen LogP contribution in [0.2, 0.25) is 0 Å². The number of benzene rings is 1. The molecule has 2 N–H and O–H groups in total. The van der Waals surface area contributed by atoms with Gasteiger partial charge in [-0.15, -0.1) is 0 Å². The number of hydrogen-bond acceptors (Lipinski definition) is 3. The zero-order valence-electron chi connectivity index (χ0n) is 9.11. The van der Waals surface area contributed by atoms with Gasteiger partial charge in [-0.2, -0.15) is 0 Å². The number of carbonyl (C=O) groups is 2. The predicted molar refractivity (Wildman–Crippen MR) is 57.7 cm³/mol. The Morgan fingerprint density at radius 3 is 2.62 bits per heavy atom. The third-order valence-corrected chi connectivity index (χ3v) is 2.08. The third kappa shape index (κ3) is 2.98. The molecule has 0 saturated carbocycles. The maximum atomic E-state index is 10.9. The van der Waals surface area contributed by atoms with Crippen LogP contribution in [0.25, 0.3) is 0 Å². The van der Waals surface area contributed by atoms with Gasteiger partial charge in [-0.25, -0.2) is 4.79 Å². The topological polar surface area (TPSA) is 75.6 Å². The van der Waals surface area contributed by atoms with Gasteiger partial charge in [-0.1, -0.05) is 0 Å².